The van der Waals surface area contributed by atoms with E-state index >= 15 is 0 Å². The molecule has 0 spiro atoms. The van der Waals surface area contributed by atoms with Crippen molar-refractivity contribution in [3.05, 3.63) is 67.7 Å². The number of carbonyl (C=O) groups is 1. The molecule has 0 atom stereocenters. The van der Waals surface area contributed by atoms with Crippen molar-refractivity contribution >= 4 is 44.4 Å². The summed E-state index contributed by atoms with van der Waals surface area (Å²) in [5.41, 5.74) is 1.76. The first-order valence-electron chi connectivity index (χ1n) is 5.43. The maximum Gasteiger partial charge on any atom is 0.251 e. The van der Waals surface area contributed by atoms with E-state index in [4.69, 9.17) is 0 Å². The number of nitrogens with one attached hydrogen (secondary N) is 1. The fourth-order valence-corrected chi connectivity index (χ4v) is 2.34. The van der Waals surface area contributed by atoms with Gasteiger partial charge in [-0.25, -0.2) is 0 Å². The normalized spacial score (nSPS) is 10.1. The van der Waals surface area contributed by atoms with Crippen LogP contribution in [0.2, 0.25) is 0 Å². The van der Waals surface area contributed by atoms with Crippen LogP contribution in [0.15, 0.2) is 53.0 Å². The summed E-state index contributed by atoms with van der Waals surface area (Å²) in [6, 6.07) is 15.4. The fraction of sp³-hybridized carbons (Fsp3) is 0.0714. The van der Waals surface area contributed by atoms with Gasteiger partial charge in [0.1, 0.15) is 0 Å². The van der Waals surface area contributed by atoms with Crippen molar-refractivity contribution in [2.75, 3.05) is 0 Å². The standard InChI is InChI=1S/C14H11BrINO/c15-12-3-1-2-10(8-12)9-17-14(18)11-4-6-13(16)7-5-11/h1-8H,9H2,(H,17,18). The molecule has 0 unspecified atom stereocenters. The number of rotatable bonds is 3. The van der Waals surface area contributed by atoms with Gasteiger partial charge in [0.05, 0.1) is 0 Å². The van der Waals surface area contributed by atoms with Crippen molar-refractivity contribution in [3.63, 3.8) is 0 Å². The lowest BCUT2D eigenvalue weighted by atomic mass is 10.2. The van der Waals surface area contributed by atoms with Gasteiger partial charge in [0.15, 0.2) is 0 Å². The highest BCUT2D eigenvalue weighted by Crippen LogP contribution is 2.12. The van der Waals surface area contributed by atoms with E-state index in [1.807, 2.05) is 48.5 Å². The van der Waals surface area contributed by atoms with Gasteiger partial charge in [0.25, 0.3) is 5.91 Å². The Labute approximate surface area is 128 Å². The molecule has 0 saturated carbocycles. The number of halogens is 2. The van der Waals surface area contributed by atoms with Crippen molar-refractivity contribution in [1.82, 2.24) is 5.32 Å². The first-order chi connectivity index (χ1) is 8.65. The Hall–Kier alpha value is -0.880. The molecule has 2 aromatic rings. The van der Waals surface area contributed by atoms with Crippen LogP contribution in [0.4, 0.5) is 0 Å². The SMILES string of the molecule is O=C(NCc1cccc(Br)c1)c1ccc(I)cc1. The van der Waals surface area contributed by atoms with Crippen molar-refractivity contribution in [3.8, 4) is 0 Å². The fourth-order valence-electron chi connectivity index (χ4n) is 1.53. The van der Waals surface area contributed by atoms with Gasteiger partial charge in [-0.15, -0.1) is 0 Å². The van der Waals surface area contributed by atoms with Crippen LogP contribution in [-0.4, -0.2) is 5.91 Å². The molecule has 2 nitrogen and oxygen atoms in total. The van der Waals surface area contributed by atoms with Crippen molar-refractivity contribution in [2.24, 2.45) is 0 Å². The van der Waals surface area contributed by atoms with Gasteiger partial charge in [-0.2, -0.15) is 0 Å². The van der Waals surface area contributed by atoms with Crippen LogP contribution in [0.3, 0.4) is 0 Å². The molecule has 1 amide bonds. The summed E-state index contributed by atoms with van der Waals surface area (Å²) in [5, 5.41) is 2.90. The second-order valence-electron chi connectivity index (χ2n) is 3.82. The molecule has 0 aliphatic rings. The minimum absolute atomic E-state index is 0.0497. The molecular formula is C14H11BrINO. The van der Waals surface area contributed by atoms with E-state index < -0.39 is 0 Å². The minimum atomic E-state index is -0.0497. The highest BCUT2D eigenvalue weighted by Gasteiger charge is 2.04. The molecular weight excluding hydrogens is 405 g/mol. The summed E-state index contributed by atoms with van der Waals surface area (Å²) in [7, 11) is 0. The van der Waals surface area contributed by atoms with Gasteiger partial charge in [-0.1, -0.05) is 28.1 Å². The molecule has 18 heavy (non-hydrogen) atoms. The van der Waals surface area contributed by atoms with E-state index in [-0.39, 0.29) is 5.91 Å². The van der Waals surface area contributed by atoms with Gasteiger partial charge in [-0.3, -0.25) is 4.79 Å². The zero-order chi connectivity index (χ0) is 13.0. The molecule has 92 valence electrons. The van der Waals surface area contributed by atoms with E-state index in [2.05, 4.69) is 43.8 Å². The molecule has 2 rings (SSSR count). The Bertz CT molecular complexity index is 554. The largest absolute Gasteiger partial charge is 0.348 e. The molecule has 0 aromatic heterocycles. The quantitative estimate of drug-likeness (QED) is 0.754. The highest BCUT2D eigenvalue weighted by molar-refractivity contribution is 14.1. The number of amides is 1. The van der Waals surface area contributed by atoms with Crippen LogP contribution >= 0.6 is 38.5 Å². The second-order valence-corrected chi connectivity index (χ2v) is 5.98. The number of carbonyl (C=O) groups excluding carboxylic acids is 1. The minimum Gasteiger partial charge on any atom is -0.348 e. The number of hydrogen-bond acceptors (Lipinski definition) is 1. The Morgan fingerprint density at radius 1 is 1.17 bits per heavy atom. The predicted molar refractivity (Wildman–Crippen MR) is 84.5 cm³/mol. The van der Waals surface area contributed by atoms with E-state index in [0.717, 1.165) is 13.6 Å². The van der Waals surface area contributed by atoms with Crippen molar-refractivity contribution in [2.45, 2.75) is 6.54 Å². The lowest BCUT2D eigenvalue weighted by Gasteiger charge is -2.06. The van der Waals surface area contributed by atoms with Crippen molar-refractivity contribution < 1.29 is 4.79 Å². The van der Waals surface area contributed by atoms with Crippen LogP contribution < -0.4 is 5.32 Å². The van der Waals surface area contributed by atoms with Crippen LogP contribution in [0.5, 0.6) is 0 Å². The average Bonchev–Trinajstić information content (AvgIpc) is 2.37. The van der Waals surface area contributed by atoms with E-state index in [1.54, 1.807) is 0 Å². The third kappa shape index (κ3) is 3.81. The summed E-state index contributed by atoms with van der Waals surface area (Å²) in [6.07, 6.45) is 0. The summed E-state index contributed by atoms with van der Waals surface area (Å²) in [6.45, 7) is 0.532. The summed E-state index contributed by atoms with van der Waals surface area (Å²) < 4.78 is 2.14. The van der Waals surface area contributed by atoms with Gasteiger partial charge in [0.2, 0.25) is 0 Å². The molecule has 2 aromatic carbocycles. The lowest BCUT2D eigenvalue weighted by Crippen LogP contribution is -2.22. The Kier molecular flexibility index (Phi) is 4.77. The third-order valence-electron chi connectivity index (χ3n) is 2.45. The van der Waals surface area contributed by atoms with Crippen LogP contribution in [0.1, 0.15) is 15.9 Å². The Balaban J connectivity index is 1.98. The van der Waals surface area contributed by atoms with E-state index in [9.17, 15) is 4.79 Å². The Morgan fingerprint density at radius 2 is 1.89 bits per heavy atom. The van der Waals surface area contributed by atoms with Crippen LogP contribution in [-0.2, 0) is 6.54 Å². The number of hydrogen-bond donors (Lipinski definition) is 1. The first kappa shape index (κ1) is 13.5. The molecule has 0 fully saturated rings. The molecule has 0 saturated heterocycles. The summed E-state index contributed by atoms with van der Waals surface area (Å²) in [4.78, 5) is 11.9. The molecule has 1 N–H and O–H groups in total. The maximum atomic E-state index is 11.9. The first-order valence-corrected chi connectivity index (χ1v) is 7.30. The van der Waals surface area contributed by atoms with E-state index in [1.165, 1.54) is 0 Å². The maximum absolute atomic E-state index is 11.9. The zero-order valence-corrected chi connectivity index (χ0v) is 13.2. The second kappa shape index (κ2) is 6.33. The van der Waals surface area contributed by atoms with Crippen LogP contribution in [0, 0.1) is 3.57 Å². The molecule has 0 aliphatic carbocycles. The topological polar surface area (TPSA) is 29.1 Å². The molecule has 0 heterocycles. The van der Waals surface area contributed by atoms with Gasteiger partial charge in [0, 0.05) is 20.2 Å². The predicted octanol–water partition coefficient (Wildman–Crippen LogP) is 3.98. The monoisotopic (exact) mass is 415 g/mol. The number of benzene rings is 2. The summed E-state index contributed by atoms with van der Waals surface area (Å²) in [5.74, 6) is -0.0497. The van der Waals surface area contributed by atoms with E-state index in [0.29, 0.717) is 12.1 Å². The van der Waals surface area contributed by atoms with Gasteiger partial charge < -0.3 is 5.32 Å². The third-order valence-corrected chi connectivity index (χ3v) is 3.66. The molecule has 4 heteroatoms. The molecule has 0 aliphatic heterocycles. The summed E-state index contributed by atoms with van der Waals surface area (Å²) >= 11 is 5.63. The smallest absolute Gasteiger partial charge is 0.251 e. The average molecular weight is 416 g/mol. The zero-order valence-electron chi connectivity index (χ0n) is 9.49. The Morgan fingerprint density at radius 3 is 2.56 bits per heavy atom. The van der Waals surface area contributed by atoms with Crippen molar-refractivity contribution in [1.29, 1.82) is 0 Å². The van der Waals surface area contributed by atoms with Gasteiger partial charge >= 0.3 is 0 Å². The molecule has 0 bridgehead atoms. The van der Waals surface area contributed by atoms with Gasteiger partial charge in [-0.05, 0) is 64.6 Å². The molecule has 0 radical (unpaired) electrons. The highest BCUT2D eigenvalue weighted by atomic mass is 127. The lowest BCUT2D eigenvalue weighted by molar-refractivity contribution is 0.0951. The van der Waals surface area contributed by atoms with Crippen LogP contribution in [0.25, 0.3) is 0 Å².